The van der Waals surface area contributed by atoms with Crippen molar-refractivity contribution in [2.45, 2.75) is 6.54 Å². The van der Waals surface area contributed by atoms with Crippen molar-refractivity contribution in [3.8, 4) is 5.75 Å². The van der Waals surface area contributed by atoms with Gasteiger partial charge in [0.05, 0.1) is 23.9 Å². The highest BCUT2D eigenvalue weighted by Crippen LogP contribution is 2.33. The smallest absolute Gasteiger partial charge is 0.267 e. The van der Waals surface area contributed by atoms with Crippen LogP contribution < -0.4 is 0 Å². The molecule has 1 N–H and O–H groups in total. The summed E-state index contributed by atoms with van der Waals surface area (Å²) in [5.74, 6) is 0.443. The Kier molecular flexibility index (Phi) is 5.97. The zero-order valence-corrected chi connectivity index (χ0v) is 17.0. The minimum atomic E-state index is -0.209. The number of rotatable bonds is 5. The maximum absolute atomic E-state index is 13.0. The molecule has 4 rings (SSSR count). The van der Waals surface area contributed by atoms with E-state index in [1.54, 1.807) is 55.1 Å². The van der Waals surface area contributed by atoms with Crippen molar-refractivity contribution in [2.24, 2.45) is 10.2 Å². The average Bonchev–Trinajstić information content (AvgIpc) is 3.36. The number of halogens is 1. The van der Waals surface area contributed by atoms with Crippen LogP contribution in [0.4, 0.5) is 0 Å². The lowest BCUT2D eigenvalue weighted by molar-refractivity contribution is -0.122. The van der Waals surface area contributed by atoms with Gasteiger partial charge in [0.1, 0.15) is 11.5 Å². The molecule has 0 unspecified atom stereocenters. The number of pyridine rings is 1. The summed E-state index contributed by atoms with van der Waals surface area (Å²) >= 11 is 7.15. The summed E-state index contributed by atoms with van der Waals surface area (Å²) in [6, 6.07) is 11.8. The number of hydrogen-bond acceptors (Lipinski definition) is 7. The van der Waals surface area contributed by atoms with Gasteiger partial charge in [0, 0.05) is 23.0 Å². The van der Waals surface area contributed by atoms with Crippen LogP contribution >= 0.6 is 23.4 Å². The largest absolute Gasteiger partial charge is 0.507 e. The van der Waals surface area contributed by atoms with E-state index in [4.69, 9.17) is 16.0 Å². The van der Waals surface area contributed by atoms with Crippen molar-refractivity contribution in [2.75, 3.05) is 0 Å². The summed E-state index contributed by atoms with van der Waals surface area (Å²) in [5.41, 5.74) is 1.23. The van der Waals surface area contributed by atoms with Crippen LogP contribution in [0.25, 0.3) is 6.08 Å². The first kappa shape index (κ1) is 19.9. The first-order valence-electron chi connectivity index (χ1n) is 8.83. The molecule has 30 heavy (non-hydrogen) atoms. The predicted molar refractivity (Wildman–Crippen MR) is 117 cm³/mol. The van der Waals surface area contributed by atoms with Crippen LogP contribution in [-0.4, -0.2) is 32.3 Å². The van der Waals surface area contributed by atoms with Gasteiger partial charge < -0.3 is 9.52 Å². The zero-order chi connectivity index (χ0) is 20.9. The summed E-state index contributed by atoms with van der Waals surface area (Å²) in [7, 11) is 0. The first-order chi connectivity index (χ1) is 14.6. The molecule has 1 aliphatic heterocycles. The maximum Gasteiger partial charge on any atom is 0.267 e. The summed E-state index contributed by atoms with van der Waals surface area (Å²) in [5, 5.41) is 19.0. The maximum atomic E-state index is 13.0. The van der Waals surface area contributed by atoms with Gasteiger partial charge in [-0.2, -0.15) is 5.10 Å². The second-order valence-electron chi connectivity index (χ2n) is 6.20. The number of carbonyl (C=O) groups excluding carboxylic acids is 1. The van der Waals surface area contributed by atoms with E-state index in [0.29, 0.717) is 26.4 Å². The van der Waals surface area contributed by atoms with Crippen molar-refractivity contribution in [3.63, 3.8) is 0 Å². The van der Waals surface area contributed by atoms with Crippen LogP contribution in [0.2, 0.25) is 5.02 Å². The summed E-state index contributed by atoms with van der Waals surface area (Å²) < 4.78 is 5.37. The van der Waals surface area contributed by atoms with E-state index in [9.17, 15) is 9.90 Å². The minimum Gasteiger partial charge on any atom is -0.507 e. The van der Waals surface area contributed by atoms with E-state index in [0.717, 1.165) is 5.56 Å². The fraction of sp³-hybridized carbons (Fsp3) is 0.0476. The van der Waals surface area contributed by atoms with Gasteiger partial charge in [-0.3, -0.25) is 14.7 Å². The molecule has 1 aromatic carbocycles. The number of phenols is 1. The van der Waals surface area contributed by atoms with Crippen molar-refractivity contribution in [3.05, 3.63) is 87.9 Å². The first-order valence-corrected chi connectivity index (χ1v) is 10.0. The molecule has 0 atom stereocenters. The molecule has 0 aliphatic carbocycles. The second kappa shape index (κ2) is 8.98. The lowest BCUT2D eigenvalue weighted by Crippen LogP contribution is -2.28. The number of benzene rings is 1. The Balaban J connectivity index is 1.63. The lowest BCUT2D eigenvalue weighted by Gasteiger charge is -2.12. The molecular formula is C21H15ClN4O3S. The number of furan rings is 1. The third kappa shape index (κ3) is 4.61. The van der Waals surface area contributed by atoms with E-state index in [-0.39, 0.29) is 18.2 Å². The quantitative estimate of drug-likeness (QED) is 0.358. The topological polar surface area (TPSA) is 91.3 Å². The molecule has 1 aliphatic rings. The highest BCUT2D eigenvalue weighted by Gasteiger charge is 2.34. The van der Waals surface area contributed by atoms with Crippen molar-refractivity contribution < 1.29 is 14.3 Å². The van der Waals surface area contributed by atoms with E-state index in [1.807, 2.05) is 6.07 Å². The lowest BCUT2D eigenvalue weighted by atomic mass is 10.2. The monoisotopic (exact) mass is 438 g/mol. The van der Waals surface area contributed by atoms with E-state index >= 15 is 0 Å². The molecule has 7 nitrogen and oxygen atoms in total. The van der Waals surface area contributed by atoms with E-state index < -0.39 is 0 Å². The van der Waals surface area contributed by atoms with Gasteiger partial charge in [0.25, 0.3) is 5.91 Å². The Bertz CT molecular complexity index is 1140. The summed E-state index contributed by atoms with van der Waals surface area (Å²) in [6.45, 7) is 0.222. The third-order valence-electron chi connectivity index (χ3n) is 4.09. The molecule has 9 heteroatoms. The van der Waals surface area contributed by atoms with Gasteiger partial charge in [-0.15, -0.1) is 5.10 Å². The van der Waals surface area contributed by atoms with Crippen LogP contribution in [0.3, 0.4) is 0 Å². The Morgan fingerprint density at radius 2 is 2.17 bits per heavy atom. The predicted octanol–water partition coefficient (Wildman–Crippen LogP) is 4.54. The average molecular weight is 439 g/mol. The number of phenolic OH excluding ortho intramolecular Hbond substituents is 1. The number of aromatic nitrogens is 1. The third-order valence-corrected chi connectivity index (χ3v) is 5.33. The Hall–Kier alpha value is -3.36. The van der Waals surface area contributed by atoms with Crippen molar-refractivity contribution in [1.82, 2.24) is 9.88 Å². The second-order valence-corrected chi connectivity index (χ2v) is 7.64. The zero-order valence-electron chi connectivity index (χ0n) is 15.5. The number of thioether (sulfide) groups is 1. The molecule has 2 aromatic heterocycles. The van der Waals surface area contributed by atoms with Crippen molar-refractivity contribution >= 4 is 46.7 Å². The normalized spacial score (nSPS) is 17.0. The van der Waals surface area contributed by atoms with Crippen LogP contribution in [-0.2, 0) is 11.3 Å². The van der Waals surface area contributed by atoms with Crippen LogP contribution in [0.1, 0.15) is 16.9 Å². The van der Waals surface area contributed by atoms with Gasteiger partial charge in [0.2, 0.25) is 0 Å². The van der Waals surface area contributed by atoms with E-state index in [1.165, 1.54) is 28.9 Å². The number of aromatic hydroxyl groups is 1. The Morgan fingerprint density at radius 1 is 1.27 bits per heavy atom. The Morgan fingerprint density at radius 3 is 2.93 bits per heavy atom. The fourth-order valence-electron chi connectivity index (χ4n) is 2.66. The molecule has 1 amide bonds. The van der Waals surface area contributed by atoms with Gasteiger partial charge in [-0.1, -0.05) is 17.7 Å². The van der Waals surface area contributed by atoms with Gasteiger partial charge in [0.15, 0.2) is 5.17 Å². The van der Waals surface area contributed by atoms with E-state index in [2.05, 4.69) is 15.2 Å². The molecular weight excluding hydrogens is 424 g/mol. The molecule has 0 radical (unpaired) electrons. The van der Waals surface area contributed by atoms with Crippen molar-refractivity contribution in [1.29, 1.82) is 0 Å². The molecule has 1 fully saturated rings. The van der Waals surface area contributed by atoms with Crippen LogP contribution in [0.5, 0.6) is 5.75 Å². The molecule has 3 heterocycles. The number of amidine groups is 1. The minimum absolute atomic E-state index is 0.0307. The fourth-order valence-corrected chi connectivity index (χ4v) is 3.78. The molecule has 150 valence electrons. The molecule has 0 saturated carbocycles. The molecule has 0 bridgehead atoms. The highest BCUT2D eigenvalue weighted by atomic mass is 35.5. The SMILES string of the molecule is O=C1/C(=C/c2cccnc2)S/C(=N/N=C\c2cc(Cl)ccc2O)N1Cc1ccco1. The number of amides is 1. The molecule has 3 aromatic rings. The van der Waals surface area contributed by atoms with Crippen LogP contribution in [0.15, 0.2) is 80.6 Å². The Labute approximate surface area is 181 Å². The number of carbonyl (C=O) groups is 1. The standard InChI is InChI=1S/C21H15ClN4O3S/c22-16-5-6-18(27)15(10-16)12-24-25-21-26(13-17-4-2-8-29-17)20(28)19(30-21)9-14-3-1-7-23-11-14/h1-12,27H,13H2/b19-9-,24-12-,25-21+. The molecule has 0 spiro atoms. The number of nitrogens with zero attached hydrogens (tertiary/aromatic N) is 4. The number of hydrogen-bond donors (Lipinski definition) is 1. The highest BCUT2D eigenvalue weighted by molar-refractivity contribution is 8.18. The van der Waals surface area contributed by atoms with Gasteiger partial charge in [-0.25, -0.2) is 0 Å². The summed E-state index contributed by atoms with van der Waals surface area (Å²) in [4.78, 5) is 19.0. The van der Waals surface area contributed by atoms with Crippen LogP contribution in [0, 0.1) is 0 Å². The summed E-state index contributed by atoms with van der Waals surface area (Å²) in [6.07, 6.45) is 8.03. The molecule has 1 saturated heterocycles. The van der Waals surface area contributed by atoms with Gasteiger partial charge >= 0.3 is 0 Å². The van der Waals surface area contributed by atoms with Gasteiger partial charge in [-0.05, 0) is 59.8 Å².